The van der Waals surface area contributed by atoms with Gasteiger partial charge in [-0.15, -0.1) is 0 Å². The molecule has 0 amide bonds. The van der Waals surface area contributed by atoms with Gasteiger partial charge in [-0.1, -0.05) is 5.16 Å². The average Bonchev–Trinajstić information content (AvgIpc) is 3.16. The SMILES string of the molecule is CCOc1ccc(C(=O)OCc2cc(-c3ccc(F)cc3F)on2)cc1OCC. The Morgan fingerprint density at radius 1 is 1.00 bits per heavy atom. The Morgan fingerprint density at radius 2 is 1.76 bits per heavy atom. The molecular weight excluding hydrogens is 384 g/mol. The maximum absolute atomic E-state index is 13.8. The smallest absolute Gasteiger partial charge is 0.338 e. The van der Waals surface area contributed by atoms with Gasteiger partial charge >= 0.3 is 5.97 Å². The zero-order valence-electron chi connectivity index (χ0n) is 15.9. The van der Waals surface area contributed by atoms with E-state index < -0.39 is 17.6 Å². The Bertz CT molecular complexity index is 1000. The lowest BCUT2D eigenvalue weighted by Crippen LogP contribution is -2.07. The molecule has 6 nitrogen and oxygen atoms in total. The number of carbonyl (C=O) groups is 1. The molecule has 0 aliphatic carbocycles. The summed E-state index contributed by atoms with van der Waals surface area (Å²) >= 11 is 0. The van der Waals surface area contributed by atoms with Crippen molar-refractivity contribution in [3.63, 3.8) is 0 Å². The van der Waals surface area contributed by atoms with E-state index in [-0.39, 0.29) is 29.2 Å². The molecule has 0 radical (unpaired) electrons. The van der Waals surface area contributed by atoms with Gasteiger partial charge in [-0.25, -0.2) is 13.6 Å². The van der Waals surface area contributed by atoms with E-state index >= 15 is 0 Å². The first-order valence-electron chi connectivity index (χ1n) is 8.99. The molecule has 152 valence electrons. The molecule has 0 bridgehead atoms. The van der Waals surface area contributed by atoms with Crippen molar-refractivity contribution in [1.82, 2.24) is 5.16 Å². The van der Waals surface area contributed by atoms with Crippen molar-refractivity contribution in [3.8, 4) is 22.8 Å². The second-order valence-corrected chi connectivity index (χ2v) is 5.91. The summed E-state index contributed by atoms with van der Waals surface area (Å²) in [5, 5.41) is 3.75. The van der Waals surface area contributed by atoms with Crippen LogP contribution >= 0.6 is 0 Å². The van der Waals surface area contributed by atoms with Crippen LogP contribution in [0.15, 0.2) is 47.0 Å². The van der Waals surface area contributed by atoms with Crippen molar-refractivity contribution >= 4 is 5.97 Å². The maximum atomic E-state index is 13.8. The van der Waals surface area contributed by atoms with Gasteiger partial charge in [0, 0.05) is 12.1 Å². The van der Waals surface area contributed by atoms with Gasteiger partial charge in [-0.3, -0.25) is 0 Å². The van der Waals surface area contributed by atoms with E-state index in [0.29, 0.717) is 24.7 Å². The molecule has 0 fully saturated rings. The number of halogens is 2. The van der Waals surface area contributed by atoms with E-state index in [1.807, 2.05) is 13.8 Å². The molecule has 2 aromatic carbocycles. The number of hydrogen-bond donors (Lipinski definition) is 0. The number of hydrogen-bond acceptors (Lipinski definition) is 6. The van der Waals surface area contributed by atoms with Crippen LogP contribution in [-0.4, -0.2) is 24.3 Å². The fourth-order valence-electron chi connectivity index (χ4n) is 2.60. The van der Waals surface area contributed by atoms with E-state index in [0.717, 1.165) is 12.1 Å². The molecule has 29 heavy (non-hydrogen) atoms. The highest BCUT2D eigenvalue weighted by Gasteiger charge is 2.16. The number of esters is 1. The summed E-state index contributed by atoms with van der Waals surface area (Å²) in [7, 11) is 0. The monoisotopic (exact) mass is 403 g/mol. The van der Waals surface area contributed by atoms with Crippen molar-refractivity contribution in [3.05, 3.63) is 65.4 Å². The summed E-state index contributed by atoms with van der Waals surface area (Å²) < 4.78 is 48.1. The molecule has 0 atom stereocenters. The van der Waals surface area contributed by atoms with Gasteiger partial charge in [-0.2, -0.15) is 0 Å². The lowest BCUT2D eigenvalue weighted by atomic mass is 10.1. The van der Waals surface area contributed by atoms with Crippen LogP contribution in [0.3, 0.4) is 0 Å². The predicted octanol–water partition coefficient (Wildman–Crippen LogP) is 4.77. The third-order valence-corrected chi connectivity index (χ3v) is 3.89. The predicted molar refractivity (Wildman–Crippen MR) is 99.8 cm³/mol. The molecular formula is C21H19F2NO5. The molecule has 0 unspecified atom stereocenters. The second-order valence-electron chi connectivity index (χ2n) is 5.91. The lowest BCUT2D eigenvalue weighted by molar-refractivity contribution is 0.0463. The summed E-state index contributed by atoms with van der Waals surface area (Å²) in [5.41, 5.74) is 0.627. The number of ether oxygens (including phenoxy) is 3. The molecule has 1 aromatic heterocycles. The van der Waals surface area contributed by atoms with Crippen LogP contribution in [0, 0.1) is 11.6 Å². The molecule has 0 saturated carbocycles. The third kappa shape index (κ3) is 4.90. The zero-order chi connectivity index (χ0) is 20.8. The molecule has 8 heteroatoms. The summed E-state index contributed by atoms with van der Waals surface area (Å²) in [6.45, 7) is 4.38. The van der Waals surface area contributed by atoms with E-state index in [4.69, 9.17) is 18.7 Å². The Hall–Kier alpha value is -3.42. The molecule has 0 spiro atoms. The highest BCUT2D eigenvalue weighted by molar-refractivity contribution is 5.90. The van der Waals surface area contributed by atoms with Crippen molar-refractivity contribution in [1.29, 1.82) is 0 Å². The third-order valence-electron chi connectivity index (χ3n) is 3.89. The Kier molecular flexibility index (Phi) is 6.43. The fraction of sp³-hybridized carbons (Fsp3) is 0.238. The van der Waals surface area contributed by atoms with E-state index in [9.17, 15) is 13.6 Å². The molecule has 1 heterocycles. The molecule has 3 rings (SSSR count). The summed E-state index contributed by atoms with van der Waals surface area (Å²) in [6, 6.07) is 9.28. The number of carbonyl (C=O) groups excluding carboxylic acids is 1. The number of rotatable bonds is 8. The first-order chi connectivity index (χ1) is 14.0. The van der Waals surface area contributed by atoms with Crippen molar-refractivity contribution in [2.45, 2.75) is 20.5 Å². The highest BCUT2D eigenvalue weighted by atomic mass is 19.1. The zero-order valence-corrected chi connectivity index (χ0v) is 15.9. The number of nitrogens with zero attached hydrogens (tertiary/aromatic N) is 1. The first-order valence-corrected chi connectivity index (χ1v) is 8.99. The summed E-state index contributed by atoms with van der Waals surface area (Å²) in [5.74, 6) is -0.975. The van der Waals surface area contributed by atoms with Crippen molar-refractivity contribution < 1.29 is 32.3 Å². The van der Waals surface area contributed by atoms with Crippen LogP contribution in [0.1, 0.15) is 29.9 Å². The first kappa shape index (κ1) is 20.3. The van der Waals surface area contributed by atoms with Crippen molar-refractivity contribution in [2.75, 3.05) is 13.2 Å². The van der Waals surface area contributed by atoms with E-state index in [2.05, 4.69) is 5.16 Å². The van der Waals surface area contributed by atoms with Crippen LogP contribution in [-0.2, 0) is 11.3 Å². The molecule has 0 aliphatic rings. The van der Waals surface area contributed by atoms with Gasteiger partial charge in [0.25, 0.3) is 0 Å². The minimum Gasteiger partial charge on any atom is -0.490 e. The quantitative estimate of drug-likeness (QED) is 0.505. The van der Waals surface area contributed by atoms with Gasteiger partial charge in [0.15, 0.2) is 17.3 Å². The molecule has 0 aliphatic heterocycles. The Labute approximate surface area is 166 Å². The van der Waals surface area contributed by atoms with Crippen LogP contribution in [0.4, 0.5) is 8.78 Å². The minimum absolute atomic E-state index is 0.0596. The topological polar surface area (TPSA) is 70.8 Å². The van der Waals surface area contributed by atoms with E-state index in [1.54, 1.807) is 18.2 Å². The summed E-state index contributed by atoms with van der Waals surface area (Å²) in [4.78, 5) is 12.3. The fourth-order valence-corrected chi connectivity index (χ4v) is 2.60. The summed E-state index contributed by atoms with van der Waals surface area (Å²) in [6.07, 6.45) is 0. The maximum Gasteiger partial charge on any atom is 0.338 e. The van der Waals surface area contributed by atoms with E-state index in [1.165, 1.54) is 12.1 Å². The Balaban J connectivity index is 1.68. The van der Waals surface area contributed by atoms with Crippen LogP contribution in [0.25, 0.3) is 11.3 Å². The largest absolute Gasteiger partial charge is 0.490 e. The van der Waals surface area contributed by atoms with Crippen LogP contribution in [0.2, 0.25) is 0 Å². The van der Waals surface area contributed by atoms with Gasteiger partial charge in [0.05, 0.1) is 24.3 Å². The van der Waals surface area contributed by atoms with Gasteiger partial charge in [0.2, 0.25) is 0 Å². The van der Waals surface area contributed by atoms with Crippen LogP contribution < -0.4 is 9.47 Å². The standard InChI is InChI=1S/C21H19F2NO5/c1-3-26-18-8-5-13(9-20(18)27-4-2)21(25)28-12-15-11-19(29-24-15)16-7-6-14(22)10-17(16)23/h5-11H,3-4,12H2,1-2H3. The number of aromatic nitrogens is 1. The minimum atomic E-state index is -0.775. The average molecular weight is 403 g/mol. The number of benzene rings is 2. The van der Waals surface area contributed by atoms with Gasteiger partial charge in [-0.05, 0) is 44.2 Å². The lowest BCUT2D eigenvalue weighted by Gasteiger charge is -2.12. The second kappa shape index (κ2) is 9.18. The molecule has 0 saturated heterocycles. The molecule has 0 N–H and O–H groups in total. The van der Waals surface area contributed by atoms with Crippen molar-refractivity contribution in [2.24, 2.45) is 0 Å². The Morgan fingerprint density at radius 3 is 2.48 bits per heavy atom. The normalized spacial score (nSPS) is 10.6. The van der Waals surface area contributed by atoms with Gasteiger partial charge < -0.3 is 18.7 Å². The van der Waals surface area contributed by atoms with Gasteiger partial charge in [0.1, 0.15) is 23.9 Å². The highest BCUT2D eigenvalue weighted by Crippen LogP contribution is 2.29. The molecule has 3 aromatic rings. The van der Waals surface area contributed by atoms with Crippen LogP contribution in [0.5, 0.6) is 11.5 Å².